The number of nitrogens with one attached hydrogen (secondary N) is 2. The van der Waals surface area contributed by atoms with Crippen LogP contribution in [0.15, 0.2) is 35.3 Å². The first-order valence-electron chi connectivity index (χ1n) is 11.2. The lowest BCUT2D eigenvalue weighted by Gasteiger charge is -2.18. The smallest absolute Gasteiger partial charge is 0.331 e. The fourth-order valence-corrected chi connectivity index (χ4v) is 3.87. The molecular formula is C22H28N4O6S2. The van der Waals surface area contributed by atoms with Crippen LogP contribution in [0.4, 0.5) is 0 Å². The van der Waals surface area contributed by atoms with E-state index in [0.29, 0.717) is 35.6 Å². The molecule has 0 aromatic carbocycles. The quantitative estimate of drug-likeness (QED) is 0.257. The van der Waals surface area contributed by atoms with Gasteiger partial charge in [0.2, 0.25) is 0 Å². The van der Waals surface area contributed by atoms with Crippen molar-refractivity contribution in [2.45, 2.75) is 50.0 Å². The number of hydrogen-bond donors (Lipinski definition) is 2. The van der Waals surface area contributed by atoms with Crippen molar-refractivity contribution in [3.8, 4) is 10.4 Å². The Morgan fingerprint density at radius 1 is 0.853 bits per heavy atom. The van der Waals surface area contributed by atoms with Crippen molar-refractivity contribution in [1.82, 2.24) is 20.6 Å². The van der Waals surface area contributed by atoms with Crippen LogP contribution in [0.5, 0.6) is 10.4 Å². The van der Waals surface area contributed by atoms with Gasteiger partial charge in [-0.15, -0.1) is 0 Å². The topological polar surface area (TPSA) is 121 Å². The minimum atomic E-state index is -0.644. The molecule has 34 heavy (non-hydrogen) atoms. The zero-order chi connectivity index (χ0) is 23.6. The third-order valence-electron chi connectivity index (χ3n) is 4.95. The average Bonchev–Trinajstić information content (AvgIpc) is 3.73. The van der Waals surface area contributed by atoms with E-state index in [-0.39, 0.29) is 13.2 Å². The first-order chi connectivity index (χ1) is 16.6. The predicted octanol–water partition coefficient (Wildman–Crippen LogP) is 1.94. The molecule has 2 fully saturated rings. The van der Waals surface area contributed by atoms with Crippen molar-refractivity contribution in [3.05, 3.63) is 35.3 Å². The Labute approximate surface area is 205 Å². The summed E-state index contributed by atoms with van der Waals surface area (Å²) in [6, 6.07) is 0.915. The van der Waals surface area contributed by atoms with Gasteiger partial charge in [-0.2, -0.15) is 0 Å². The number of aromatic nitrogens is 2. The maximum Gasteiger partial charge on any atom is 0.331 e. The maximum atomic E-state index is 12.3. The highest BCUT2D eigenvalue weighted by molar-refractivity contribution is 7.11. The number of nitrogens with zero attached hydrogens (tertiary/aromatic N) is 2. The predicted molar refractivity (Wildman–Crippen MR) is 126 cm³/mol. The minimum absolute atomic E-state index is 0.167. The molecule has 2 atom stereocenters. The summed E-state index contributed by atoms with van der Waals surface area (Å²) in [5.41, 5.74) is 0. The molecule has 2 aromatic heterocycles. The van der Waals surface area contributed by atoms with E-state index in [0.717, 1.165) is 37.8 Å². The SMILES string of the molecule is O=C(/C=C\C(=O)OC(CNC1CC1)COc1nccs1)OC(CNC1CC1)COc1nccs1. The number of rotatable bonds is 16. The molecule has 4 rings (SSSR count). The van der Waals surface area contributed by atoms with Gasteiger partial charge in [0.05, 0.1) is 0 Å². The largest absolute Gasteiger partial charge is 0.466 e. The van der Waals surface area contributed by atoms with E-state index < -0.39 is 24.1 Å². The summed E-state index contributed by atoms with van der Waals surface area (Å²) in [6.07, 6.45) is 8.86. The molecule has 0 spiro atoms. The second-order valence-electron chi connectivity index (χ2n) is 8.03. The van der Waals surface area contributed by atoms with E-state index in [4.69, 9.17) is 18.9 Å². The monoisotopic (exact) mass is 508 g/mol. The molecule has 2 aromatic rings. The van der Waals surface area contributed by atoms with Crippen molar-refractivity contribution in [1.29, 1.82) is 0 Å². The molecule has 2 saturated carbocycles. The molecule has 0 aliphatic heterocycles. The van der Waals surface area contributed by atoms with Gasteiger partial charge in [0.25, 0.3) is 10.4 Å². The number of carbonyl (C=O) groups excluding carboxylic acids is 2. The van der Waals surface area contributed by atoms with Crippen molar-refractivity contribution >= 4 is 34.6 Å². The summed E-state index contributed by atoms with van der Waals surface area (Å²) in [5.74, 6) is -1.29. The third kappa shape index (κ3) is 9.37. The minimum Gasteiger partial charge on any atom is -0.466 e. The second-order valence-corrected chi connectivity index (χ2v) is 9.75. The van der Waals surface area contributed by atoms with Gasteiger partial charge in [0.1, 0.15) is 25.4 Å². The Morgan fingerprint density at radius 2 is 1.29 bits per heavy atom. The molecule has 0 bridgehead atoms. The number of esters is 2. The summed E-state index contributed by atoms with van der Waals surface area (Å²) in [4.78, 5) is 32.8. The van der Waals surface area contributed by atoms with Crippen LogP contribution in [0.1, 0.15) is 25.7 Å². The van der Waals surface area contributed by atoms with Crippen LogP contribution in [0, 0.1) is 0 Å². The summed E-state index contributed by atoms with van der Waals surface area (Å²) in [5, 5.41) is 11.3. The Hall–Kier alpha value is -2.54. The van der Waals surface area contributed by atoms with Gasteiger partial charge >= 0.3 is 11.9 Å². The first kappa shape index (κ1) is 24.6. The van der Waals surface area contributed by atoms with Gasteiger partial charge in [-0.05, 0) is 25.7 Å². The van der Waals surface area contributed by atoms with Gasteiger partial charge in [-0.1, -0.05) is 22.7 Å². The highest BCUT2D eigenvalue weighted by Crippen LogP contribution is 2.20. The summed E-state index contributed by atoms with van der Waals surface area (Å²) < 4.78 is 22.2. The number of hydrogen-bond acceptors (Lipinski definition) is 12. The molecule has 10 nitrogen and oxygen atoms in total. The van der Waals surface area contributed by atoms with Gasteiger partial charge in [0.15, 0.2) is 0 Å². The molecule has 0 radical (unpaired) electrons. The molecule has 2 aliphatic rings. The first-order valence-corrected chi connectivity index (χ1v) is 13.0. The normalized spacial score (nSPS) is 17.3. The molecule has 2 unspecified atom stereocenters. The molecule has 2 N–H and O–H groups in total. The van der Waals surface area contributed by atoms with Crippen LogP contribution in [0.2, 0.25) is 0 Å². The second kappa shape index (κ2) is 12.8. The third-order valence-corrected chi connectivity index (χ3v) is 6.31. The number of carbonyl (C=O) groups is 2. The number of ether oxygens (including phenoxy) is 4. The van der Waals surface area contributed by atoms with E-state index in [2.05, 4.69) is 20.6 Å². The molecule has 184 valence electrons. The van der Waals surface area contributed by atoms with Gasteiger partial charge in [-0.25, -0.2) is 19.6 Å². The summed E-state index contributed by atoms with van der Waals surface area (Å²) in [7, 11) is 0. The molecule has 12 heteroatoms. The fourth-order valence-electron chi connectivity index (χ4n) is 2.88. The Morgan fingerprint density at radius 3 is 1.65 bits per heavy atom. The van der Waals surface area contributed by atoms with Crippen molar-refractivity contribution in [2.24, 2.45) is 0 Å². The zero-order valence-corrected chi connectivity index (χ0v) is 20.2. The summed E-state index contributed by atoms with van der Waals surface area (Å²) >= 11 is 2.73. The van der Waals surface area contributed by atoms with Crippen LogP contribution in [-0.4, -0.2) is 72.5 Å². The Kier molecular flexibility index (Phi) is 9.25. The average molecular weight is 509 g/mol. The Bertz CT molecular complexity index is 842. The van der Waals surface area contributed by atoms with Crippen molar-refractivity contribution in [2.75, 3.05) is 26.3 Å². The highest BCUT2D eigenvalue weighted by Gasteiger charge is 2.25. The fraction of sp³-hybridized carbons (Fsp3) is 0.545. The van der Waals surface area contributed by atoms with E-state index in [1.54, 1.807) is 12.4 Å². The molecule has 0 saturated heterocycles. The van der Waals surface area contributed by atoms with E-state index in [1.807, 2.05) is 10.8 Å². The standard InChI is InChI=1S/C22H28N4O6S2/c27-19(31-17(11-25-15-1-2-15)13-29-21-23-7-9-33-21)5-6-20(28)32-18(12-26-16-3-4-16)14-30-22-24-8-10-34-22/h5-10,15-18,25-26H,1-4,11-14H2/b6-5-. The zero-order valence-electron chi connectivity index (χ0n) is 18.6. The van der Waals surface area contributed by atoms with Crippen LogP contribution in [0.3, 0.4) is 0 Å². The van der Waals surface area contributed by atoms with Gasteiger partial charge < -0.3 is 29.6 Å². The van der Waals surface area contributed by atoms with Crippen molar-refractivity contribution < 1.29 is 28.5 Å². The summed E-state index contributed by atoms with van der Waals surface area (Å²) in [6.45, 7) is 1.26. The number of thiazole rings is 2. The molecule has 0 amide bonds. The molecular weight excluding hydrogens is 480 g/mol. The molecule has 2 aliphatic carbocycles. The van der Waals surface area contributed by atoms with Crippen LogP contribution < -0.4 is 20.1 Å². The lowest BCUT2D eigenvalue weighted by Crippen LogP contribution is -2.36. The lowest BCUT2D eigenvalue weighted by molar-refractivity contribution is -0.147. The highest BCUT2D eigenvalue weighted by atomic mass is 32.1. The van der Waals surface area contributed by atoms with Crippen LogP contribution >= 0.6 is 22.7 Å². The van der Waals surface area contributed by atoms with Crippen molar-refractivity contribution in [3.63, 3.8) is 0 Å². The van der Waals surface area contributed by atoms with E-state index in [1.165, 1.54) is 22.7 Å². The van der Waals surface area contributed by atoms with Crippen LogP contribution in [0.25, 0.3) is 0 Å². The maximum absolute atomic E-state index is 12.3. The molecule has 2 heterocycles. The van der Waals surface area contributed by atoms with Gasteiger partial charge in [0, 0.05) is 60.5 Å². The van der Waals surface area contributed by atoms with Gasteiger partial charge in [-0.3, -0.25) is 0 Å². The Balaban J connectivity index is 1.22. The lowest BCUT2D eigenvalue weighted by atomic mass is 10.3. The van der Waals surface area contributed by atoms with E-state index in [9.17, 15) is 9.59 Å². The van der Waals surface area contributed by atoms with E-state index >= 15 is 0 Å². The van der Waals surface area contributed by atoms with Crippen LogP contribution in [-0.2, 0) is 19.1 Å².